The Hall–Kier alpha value is -1.25. The molecule has 2 N–H and O–H groups in total. The Bertz CT molecular complexity index is 317. The van der Waals surface area contributed by atoms with Crippen molar-refractivity contribution >= 4 is 0 Å². The van der Waals surface area contributed by atoms with Crippen LogP contribution in [0.2, 0.25) is 0 Å². The normalized spacial score (nSPS) is 10.2. The topological polar surface area (TPSA) is 53.1 Å². The molecule has 0 spiro atoms. The van der Waals surface area contributed by atoms with Crippen LogP contribution in [0.15, 0.2) is 16.9 Å². The molecule has 0 unspecified atom stereocenters. The van der Waals surface area contributed by atoms with E-state index < -0.39 is 0 Å². The molecule has 72 valence electrons. The van der Waals surface area contributed by atoms with Crippen molar-refractivity contribution in [2.24, 2.45) is 0 Å². The van der Waals surface area contributed by atoms with Crippen molar-refractivity contribution in [3.8, 4) is 5.75 Å². The minimum Gasteiger partial charge on any atom is -0.508 e. The molecule has 1 rings (SSSR count). The molecule has 1 aromatic rings. The van der Waals surface area contributed by atoms with Crippen LogP contribution in [0.25, 0.3) is 0 Å². The lowest BCUT2D eigenvalue weighted by Gasteiger charge is -2.00. The summed E-state index contributed by atoms with van der Waals surface area (Å²) in [6.07, 6.45) is 4.19. The minimum atomic E-state index is -0.230. The summed E-state index contributed by atoms with van der Waals surface area (Å²) in [5.41, 5.74) is 0.588. The van der Waals surface area contributed by atoms with Crippen molar-refractivity contribution in [2.45, 2.75) is 32.6 Å². The first kappa shape index (κ1) is 9.84. The van der Waals surface area contributed by atoms with Gasteiger partial charge in [-0.1, -0.05) is 19.8 Å². The molecule has 0 aliphatic rings. The summed E-state index contributed by atoms with van der Waals surface area (Å²) < 4.78 is 0. The maximum absolute atomic E-state index is 10.9. The van der Waals surface area contributed by atoms with E-state index in [0.29, 0.717) is 0 Å². The summed E-state index contributed by atoms with van der Waals surface area (Å²) in [4.78, 5) is 13.6. The largest absolute Gasteiger partial charge is 0.508 e. The van der Waals surface area contributed by atoms with Crippen molar-refractivity contribution in [1.29, 1.82) is 0 Å². The molecular formula is C10H15NO2. The Morgan fingerprint density at radius 3 is 2.77 bits per heavy atom. The standard InChI is InChI=1S/C10H15NO2/c1-2-3-4-5-8-6-9(12)7-10(13)11-8/h6-7H,2-5H2,1H3,(H2,11,12,13). The van der Waals surface area contributed by atoms with E-state index in [4.69, 9.17) is 5.11 Å². The van der Waals surface area contributed by atoms with E-state index in [2.05, 4.69) is 11.9 Å². The summed E-state index contributed by atoms with van der Waals surface area (Å²) in [7, 11) is 0. The first-order valence-electron chi connectivity index (χ1n) is 4.64. The first-order valence-corrected chi connectivity index (χ1v) is 4.64. The van der Waals surface area contributed by atoms with E-state index in [1.54, 1.807) is 6.07 Å². The van der Waals surface area contributed by atoms with Crippen LogP contribution in [0.4, 0.5) is 0 Å². The van der Waals surface area contributed by atoms with Gasteiger partial charge in [0.15, 0.2) is 0 Å². The van der Waals surface area contributed by atoms with Crippen LogP contribution in [-0.2, 0) is 6.42 Å². The molecule has 0 saturated heterocycles. The van der Waals surface area contributed by atoms with Gasteiger partial charge in [-0.3, -0.25) is 4.79 Å². The van der Waals surface area contributed by atoms with E-state index in [1.165, 1.54) is 6.07 Å². The third-order valence-electron chi connectivity index (χ3n) is 1.93. The summed E-state index contributed by atoms with van der Waals surface area (Å²) in [6, 6.07) is 2.79. The monoisotopic (exact) mass is 181 g/mol. The highest BCUT2D eigenvalue weighted by Gasteiger charge is 1.97. The number of aryl methyl sites for hydroxylation is 1. The Kier molecular flexibility index (Phi) is 3.55. The second-order valence-electron chi connectivity index (χ2n) is 3.19. The van der Waals surface area contributed by atoms with E-state index in [1.807, 2.05) is 0 Å². The fourth-order valence-corrected chi connectivity index (χ4v) is 1.29. The van der Waals surface area contributed by atoms with Crippen molar-refractivity contribution in [2.75, 3.05) is 0 Å². The average molecular weight is 181 g/mol. The summed E-state index contributed by atoms with van der Waals surface area (Å²) in [5.74, 6) is 0.0512. The van der Waals surface area contributed by atoms with Gasteiger partial charge in [0.1, 0.15) is 5.75 Å². The van der Waals surface area contributed by atoms with Gasteiger partial charge < -0.3 is 10.1 Å². The second kappa shape index (κ2) is 4.70. The van der Waals surface area contributed by atoms with E-state index >= 15 is 0 Å². The van der Waals surface area contributed by atoms with Gasteiger partial charge in [-0.25, -0.2) is 0 Å². The van der Waals surface area contributed by atoms with E-state index in [9.17, 15) is 4.79 Å². The molecule has 13 heavy (non-hydrogen) atoms. The highest BCUT2D eigenvalue weighted by atomic mass is 16.3. The zero-order chi connectivity index (χ0) is 9.68. The van der Waals surface area contributed by atoms with Crippen LogP contribution in [-0.4, -0.2) is 10.1 Å². The van der Waals surface area contributed by atoms with Gasteiger partial charge in [0, 0.05) is 11.8 Å². The van der Waals surface area contributed by atoms with Crippen molar-refractivity contribution in [1.82, 2.24) is 4.98 Å². The van der Waals surface area contributed by atoms with Crippen LogP contribution < -0.4 is 5.56 Å². The quantitative estimate of drug-likeness (QED) is 0.696. The molecule has 1 heterocycles. The second-order valence-corrected chi connectivity index (χ2v) is 3.19. The molecule has 3 nitrogen and oxygen atoms in total. The van der Waals surface area contributed by atoms with Gasteiger partial charge in [0.25, 0.3) is 5.56 Å². The number of hydrogen-bond acceptors (Lipinski definition) is 2. The lowest BCUT2D eigenvalue weighted by Crippen LogP contribution is -2.06. The van der Waals surface area contributed by atoms with E-state index in [-0.39, 0.29) is 11.3 Å². The molecule has 0 aromatic carbocycles. The predicted octanol–water partition coefficient (Wildman–Crippen LogP) is 1.81. The summed E-state index contributed by atoms with van der Waals surface area (Å²) >= 11 is 0. The van der Waals surface area contributed by atoms with E-state index in [0.717, 1.165) is 31.4 Å². The first-order chi connectivity index (χ1) is 6.22. The van der Waals surface area contributed by atoms with Gasteiger partial charge in [0.05, 0.1) is 0 Å². The Morgan fingerprint density at radius 1 is 1.38 bits per heavy atom. The number of aromatic amines is 1. The molecule has 1 aromatic heterocycles. The number of rotatable bonds is 4. The SMILES string of the molecule is CCCCCc1cc(O)cc(=O)[nH]1. The molecule has 0 amide bonds. The van der Waals surface area contributed by atoms with Gasteiger partial charge in [-0.05, 0) is 18.9 Å². The van der Waals surface area contributed by atoms with Crippen LogP contribution in [0.3, 0.4) is 0 Å². The van der Waals surface area contributed by atoms with Gasteiger partial charge in [-0.15, -0.1) is 0 Å². The maximum atomic E-state index is 10.9. The molecule has 0 aliphatic carbocycles. The highest BCUT2D eigenvalue weighted by Crippen LogP contribution is 2.08. The average Bonchev–Trinajstić information content (AvgIpc) is 2.03. The van der Waals surface area contributed by atoms with Gasteiger partial charge in [-0.2, -0.15) is 0 Å². The Labute approximate surface area is 77.4 Å². The number of unbranched alkanes of at least 4 members (excludes halogenated alkanes) is 2. The van der Waals surface area contributed by atoms with Crippen molar-refractivity contribution in [3.05, 3.63) is 28.2 Å². The smallest absolute Gasteiger partial charge is 0.251 e. The van der Waals surface area contributed by atoms with Crippen LogP contribution >= 0.6 is 0 Å². The number of H-pyrrole nitrogens is 1. The molecule has 0 atom stereocenters. The lowest BCUT2D eigenvalue weighted by molar-refractivity contribution is 0.472. The molecule has 3 heteroatoms. The Morgan fingerprint density at radius 2 is 2.15 bits per heavy atom. The van der Waals surface area contributed by atoms with Gasteiger partial charge in [0.2, 0.25) is 0 Å². The number of aromatic hydroxyl groups is 1. The number of nitrogens with one attached hydrogen (secondary N) is 1. The zero-order valence-corrected chi connectivity index (χ0v) is 7.84. The molecule has 0 fully saturated rings. The molecule has 0 radical (unpaired) electrons. The third kappa shape index (κ3) is 3.32. The predicted molar refractivity (Wildman–Crippen MR) is 52.0 cm³/mol. The zero-order valence-electron chi connectivity index (χ0n) is 7.84. The fourth-order valence-electron chi connectivity index (χ4n) is 1.29. The highest BCUT2D eigenvalue weighted by molar-refractivity contribution is 5.20. The van der Waals surface area contributed by atoms with Crippen molar-refractivity contribution < 1.29 is 5.11 Å². The molecule has 0 aliphatic heterocycles. The molecule has 0 bridgehead atoms. The molecule has 0 saturated carbocycles. The van der Waals surface area contributed by atoms with Gasteiger partial charge >= 0.3 is 0 Å². The third-order valence-corrected chi connectivity index (χ3v) is 1.93. The van der Waals surface area contributed by atoms with Crippen LogP contribution in [0.1, 0.15) is 31.9 Å². The summed E-state index contributed by atoms with van der Waals surface area (Å²) in [5, 5.41) is 9.13. The Balaban J connectivity index is 2.61. The maximum Gasteiger partial charge on any atom is 0.251 e. The lowest BCUT2D eigenvalue weighted by atomic mass is 10.1. The summed E-state index contributed by atoms with van der Waals surface area (Å²) in [6.45, 7) is 2.13. The molecular weight excluding hydrogens is 166 g/mol. The van der Waals surface area contributed by atoms with Crippen LogP contribution in [0.5, 0.6) is 5.75 Å². The number of hydrogen-bond donors (Lipinski definition) is 2. The number of pyridine rings is 1. The number of aromatic nitrogens is 1. The fraction of sp³-hybridized carbons (Fsp3) is 0.500. The minimum absolute atomic E-state index is 0.0512. The van der Waals surface area contributed by atoms with Crippen LogP contribution in [0, 0.1) is 0 Å². The van der Waals surface area contributed by atoms with Crippen molar-refractivity contribution in [3.63, 3.8) is 0 Å².